The van der Waals surface area contributed by atoms with Crippen LogP contribution >= 0.6 is 11.3 Å². The SMILES string of the molecule is COc1cc(C)ccc1OC(C)C(=O)Nc1sc2c(c1C#N)CCC2. The summed E-state index contributed by atoms with van der Waals surface area (Å²) in [6.07, 6.45) is 2.27. The second-order valence-corrected chi connectivity index (χ2v) is 7.18. The van der Waals surface area contributed by atoms with Crippen LogP contribution in [0.5, 0.6) is 11.5 Å². The van der Waals surface area contributed by atoms with Gasteiger partial charge in [-0.05, 0) is 56.4 Å². The molecule has 1 aliphatic carbocycles. The van der Waals surface area contributed by atoms with Crippen LogP contribution in [0.1, 0.15) is 34.9 Å². The minimum atomic E-state index is -0.708. The molecule has 5 nitrogen and oxygen atoms in total. The van der Waals surface area contributed by atoms with Gasteiger partial charge in [-0.1, -0.05) is 6.07 Å². The van der Waals surface area contributed by atoms with Gasteiger partial charge in [-0.2, -0.15) is 5.26 Å². The second kappa shape index (κ2) is 7.16. The van der Waals surface area contributed by atoms with Gasteiger partial charge in [0.15, 0.2) is 17.6 Å². The van der Waals surface area contributed by atoms with E-state index in [-0.39, 0.29) is 5.91 Å². The molecule has 0 spiro atoms. The Morgan fingerprint density at radius 3 is 2.88 bits per heavy atom. The van der Waals surface area contributed by atoms with Crippen molar-refractivity contribution in [1.82, 2.24) is 0 Å². The average molecular weight is 356 g/mol. The Kier molecular flexibility index (Phi) is 4.95. The first-order chi connectivity index (χ1) is 12.0. The molecule has 0 fully saturated rings. The molecule has 1 atom stereocenters. The molecule has 0 radical (unpaired) electrons. The van der Waals surface area contributed by atoms with Crippen molar-refractivity contribution in [3.8, 4) is 17.6 Å². The largest absolute Gasteiger partial charge is 0.493 e. The van der Waals surface area contributed by atoms with Crippen LogP contribution in [-0.4, -0.2) is 19.1 Å². The molecule has 2 aromatic rings. The Balaban J connectivity index is 1.73. The van der Waals surface area contributed by atoms with Crippen LogP contribution in [0.2, 0.25) is 0 Å². The number of rotatable bonds is 5. The number of nitrogens with zero attached hydrogens (tertiary/aromatic N) is 1. The van der Waals surface area contributed by atoms with E-state index < -0.39 is 6.10 Å². The summed E-state index contributed by atoms with van der Waals surface area (Å²) in [5.74, 6) is 0.830. The van der Waals surface area contributed by atoms with E-state index in [1.807, 2.05) is 19.1 Å². The first-order valence-corrected chi connectivity index (χ1v) is 9.02. The highest BCUT2D eigenvalue weighted by atomic mass is 32.1. The van der Waals surface area contributed by atoms with E-state index in [0.29, 0.717) is 22.1 Å². The highest BCUT2D eigenvalue weighted by molar-refractivity contribution is 7.16. The number of benzene rings is 1. The van der Waals surface area contributed by atoms with Crippen LogP contribution in [0.15, 0.2) is 18.2 Å². The van der Waals surface area contributed by atoms with E-state index in [9.17, 15) is 10.1 Å². The monoisotopic (exact) mass is 356 g/mol. The zero-order valence-corrected chi connectivity index (χ0v) is 15.3. The van der Waals surface area contributed by atoms with Gasteiger partial charge in [0.25, 0.3) is 5.91 Å². The number of carbonyl (C=O) groups excluding carboxylic acids is 1. The van der Waals surface area contributed by atoms with Gasteiger partial charge in [0.1, 0.15) is 11.1 Å². The number of nitriles is 1. The standard InChI is InChI=1S/C19H20N2O3S/c1-11-7-8-15(16(9-11)23-3)24-12(2)18(22)21-19-14(10-20)13-5-4-6-17(13)25-19/h7-9,12H,4-6H2,1-3H3,(H,21,22). The van der Waals surface area contributed by atoms with E-state index in [1.54, 1.807) is 20.1 Å². The molecule has 1 N–H and O–H groups in total. The number of aryl methyl sites for hydroxylation is 2. The van der Waals surface area contributed by atoms with E-state index in [1.165, 1.54) is 16.2 Å². The fourth-order valence-electron chi connectivity index (χ4n) is 2.94. The molecule has 1 amide bonds. The first-order valence-electron chi connectivity index (χ1n) is 8.20. The third-order valence-corrected chi connectivity index (χ3v) is 5.47. The van der Waals surface area contributed by atoms with E-state index in [0.717, 1.165) is 30.4 Å². The Labute approximate surface area is 151 Å². The molecule has 0 bridgehead atoms. The highest BCUT2D eigenvalue weighted by Crippen LogP contribution is 2.38. The Hall–Kier alpha value is -2.52. The smallest absolute Gasteiger partial charge is 0.265 e. The molecule has 25 heavy (non-hydrogen) atoms. The molecule has 1 aromatic carbocycles. The van der Waals surface area contributed by atoms with Crippen LogP contribution < -0.4 is 14.8 Å². The molecule has 1 heterocycles. The highest BCUT2D eigenvalue weighted by Gasteiger charge is 2.25. The van der Waals surface area contributed by atoms with Gasteiger partial charge in [0.2, 0.25) is 0 Å². The lowest BCUT2D eigenvalue weighted by Crippen LogP contribution is -2.30. The van der Waals surface area contributed by atoms with Gasteiger partial charge in [0, 0.05) is 4.88 Å². The van der Waals surface area contributed by atoms with Gasteiger partial charge in [0.05, 0.1) is 12.7 Å². The summed E-state index contributed by atoms with van der Waals surface area (Å²) in [5.41, 5.74) is 2.75. The zero-order valence-electron chi connectivity index (χ0n) is 14.5. The molecular formula is C19H20N2O3S. The number of amides is 1. The molecule has 0 saturated carbocycles. The fourth-order valence-corrected chi connectivity index (χ4v) is 4.18. The van der Waals surface area contributed by atoms with Gasteiger partial charge in [-0.25, -0.2) is 0 Å². The summed E-state index contributed by atoms with van der Waals surface area (Å²) in [7, 11) is 1.57. The van der Waals surface area contributed by atoms with Crippen LogP contribution in [0.25, 0.3) is 0 Å². The minimum absolute atomic E-state index is 0.279. The third-order valence-electron chi connectivity index (χ3n) is 4.26. The lowest BCUT2D eigenvalue weighted by atomic mass is 10.1. The Morgan fingerprint density at radius 1 is 1.36 bits per heavy atom. The van der Waals surface area contributed by atoms with Crippen LogP contribution in [0.4, 0.5) is 5.00 Å². The van der Waals surface area contributed by atoms with Crippen molar-refractivity contribution >= 4 is 22.2 Å². The Morgan fingerprint density at radius 2 is 2.16 bits per heavy atom. The molecule has 1 aliphatic rings. The van der Waals surface area contributed by atoms with Crippen molar-refractivity contribution < 1.29 is 14.3 Å². The summed E-state index contributed by atoms with van der Waals surface area (Å²) in [6, 6.07) is 7.78. The number of carbonyl (C=O) groups is 1. The minimum Gasteiger partial charge on any atom is -0.493 e. The maximum Gasteiger partial charge on any atom is 0.265 e. The summed E-state index contributed by atoms with van der Waals surface area (Å²) >= 11 is 1.50. The molecule has 1 unspecified atom stereocenters. The van der Waals surface area contributed by atoms with Crippen molar-refractivity contribution in [1.29, 1.82) is 5.26 Å². The lowest BCUT2D eigenvalue weighted by Gasteiger charge is -2.16. The molecule has 0 aliphatic heterocycles. The van der Waals surface area contributed by atoms with Crippen molar-refractivity contribution in [2.45, 2.75) is 39.2 Å². The molecule has 130 valence electrons. The van der Waals surface area contributed by atoms with E-state index in [2.05, 4.69) is 11.4 Å². The number of methoxy groups -OCH3 is 1. The zero-order chi connectivity index (χ0) is 18.0. The van der Waals surface area contributed by atoms with Crippen molar-refractivity contribution in [3.63, 3.8) is 0 Å². The number of ether oxygens (including phenoxy) is 2. The van der Waals surface area contributed by atoms with Gasteiger partial charge in [-0.15, -0.1) is 11.3 Å². The predicted octanol–water partition coefficient (Wildman–Crippen LogP) is 3.83. The van der Waals surface area contributed by atoms with Gasteiger partial charge >= 0.3 is 0 Å². The fraction of sp³-hybridized carbons (Fsp3) is 0.368. The summed E-state index contributed by atoms with van der Waals surface area (Å²) < 4.78 is 11.1. The van der Waals surface area contributed by atoms with Gasteiger partial charge < -0.3 is 14.8 Å². The van der Waals surface area contributed by atoms with Crippen molar-refractivity contribution in [2.75, 3.05) is 12.4 Å². The van der Waals surface area contributed by atoms with Crippen LogP contribution in [0, 0.1) is 18.3 Å². The van der Waals surface area contributed by atoms with Crippen LogP contribution in [0.3, 0.4) is 0 Å². The first kappa shape index (κ1) is 17.3. The van der Waals surface area contributed by atoms with Crippen molar-refractivity contribution in [2.24, 2.45) is 0 Å². The molecule has 1 aromatic heterocycles. The maximum absolute atomic E-state index is 12.5. The molecule has 0 saturated heterocycles. The second-order valence-electron chi connectivity index (χ2n) is 6.08. The topological polar surface area (TPSA) is 71.3 Å². The average Bonchev–Trinajstić information content (AvgIpc) is 3.16. The number of hydrogen-bond acceptors (Lipinski definition) is 5. The van der Waals surface area contributed by atoms with E-state index in [4.69, 9.17) is 9.47 Å². The number of thiophene rings is 1. The van der Waals surface area contributed by atoms with Crippen LogP contribution in [-0.2, 0) is 17.6 Å². The lowest BCUT2D eigenvalue weighted by molar-refractivity contribution is -0.122. The molecular weight excluding hydrogens is 336 g/mol. The summed E-state index contributed by atoms with van der Waals surface area (Å²) in [4.78, 5) is 13.7. The molecule has 6 heteroatoms. The number of hydrogen-bond donors (Lipinski definition) is 1. The normalized spacial score (nSPS) is 13.7. The third kappa shape index (κ3) is 3.47. The molecule has 3 rings (SSSR count). The predicted molar refractivity (Wildman–Crippen MR) is 97.5 cm³/mol. The number of anilines is 1. The summed E-state index contributed by atoms with van der Waals surface area (Å²) in [5, 5.41) is 12.9. The van der Waals surface area contributed by atoms with E-state index >= 15 is 0 Å². The quantitative estimate of drug-likeness (QED) is 0.884. The van der Waals surface area contributed by atoms with Crippen molar-refractivity contribution in [3.05, 3.63) is 39.8 Å². The van der Waals surface area contributed by atoms with Gasteiger partial charge in [-0.3, -0.25) is 4.79 Å². The maximum atomic E-state index is 12.5. The Bertz CT molecular complexity index is 851. The summed E-state index contributed by atoms with van der Waals surface area (Å²) in [6.45, 7) is 3.64. The number of fused-ring (bicyclic) bond motifs is 1. The number of nitrogens with one attached hydrogen (secondary N) is 1.